The molecule has 0 saturated heterocycles. The second-order valence-electron chi connectivity index (χ2n) is 5.19. The molecule has 0 radical (unpaired) electrons. The maximum atomic E-state index is 11.5. The van der Waals surface area contributed by atoms with Crippen LogP contribution in [-0.2, 0) is 9.84 Å². The lowest BCUT2D eigenvalue weighted by Gasteiger charge is -2.08. The number of nitrogens with one attached hydrogen (secondary N) is 1. The highest BCUT2D eigenvalue weighted by Crippen LogP contribution is 2.23. The standard InChI is InChI=1S/C17H14ClN3O2S/c1-24(22,23)14-9-7-13(8-10-14)19-16-11-15(18)20-17(21-16)12-5-3-2-4-6-12/h2-11H,1H3,(H,19,20,21). The van der Waals surface area contributed by atoms with Gasteiger partial charge in [-0.25, -0.2) is 18.4 Å². The Kier molecular flexibility index (Phi) is 4.51. The summed E-state index contributed by atoms with van der Waals surface area (Å²) in [7, 11) is -3.22. The second kappa shape index (κ2) is 6.59. The van der Waals surface area contributed by atoms with Crippen molar-refractivity contribution in [1.29, 1.82) is 0 Å². The van der Waals surface area contributed by atoms with Crippen molar-refractivity contribution in [3.63, 3.8) is 0 Å². The number of hydrogen-bond donors (Lipinski definition) is 1. The minimum absolute atomic E-state index is 0.263. The van der Waals surface area contributed by atoms with Crippen LogP contribution in [0.1, 0.15) is 0 Å². The van der Waals surface area contributed by atoms with E-state index in [9.17, 15) is 8.42 Å². The van der Waals surface area contributed by atoms with Gasteiger partial charge in [0.15, 0.2) is 15.7 Å². The van der Waals surface area contributed by atoms with E-state index in [4.69, 9.17) is 11.6 Å². The van der Waals surface area contributed by atoms with Crippen molar-refractivity contribution in [2.75, 3.05) is 11.6 Å². The number of aromatic nitrogens is 2. The predicted molar refractivity (Wildman–Crippen MR) is 95.3 cm³/mol. The van der Waals surface area contributed by atoms with E-state index in [0.29, 0.717) is 22.5 Å². The van der Waals surface area contributed by atoms with Gasteiger partial charge < -0.3 is 5.32 Å². The Morgan fingerprint density at radius 2 is 1.62 bits per heavy atom. The van der Waals surface area contributed by atoms with Gasteiger partial charge in [-0.15, -0.1) is 0 Å². The molecule has 1 heterocycles. The normalized spacial score (nSPS) is 11.2. The van der Waals surface area contributed by atoms with Crippen molar-refractivity contribution in [2.45, 2.75) is 4.90 Å². The fraction of sp³-hybridized carbons (Fsp3) is 0.0588. The molecular weight excluding hydrogens is 346 g/mol. The number of hydrogen-bond acceptors (Lipinski definition) is 5. The zero-order valence-corrected chi connectivity index (χ0v) is 14.3. The Labute approximate surface area is 145 Å². The first kappa shape index (κ1) is 16.4. The average Bonchev–Trinajstić information content (AvgIpc) is 2.55. The largest absolute Gasteiger partial charge is 0.340 e. The van der Waals surface area contributed by atoms with Gasteiger partial charge in [-0.1, -0.05) is 41.9 Å². The third kappa shape index (κ3) is 3.90. The van der Waals surface area contributed by atoms with E-state index in [-0.39, 0.29) is 4.90 Å². The SMILES string of the molecule is CS(=O)(=O)c1ccc(Nc2cc(Cl)nc(-c3ccccc3)n2)cc1. The number of rotatable bonds is 4. The molecule has 0 spiro atoms. The van der Waals surface area contributed by atoms with Crippen molar-refractivity contribution < 1.29 is 8.42 Å². The monoisotopic (exact) mass is 359 g/mol. The predicted octanol–water partition coefficient (Wildman–Crippen LogP) is 3.94. The van der Waals surface area contributed by atoms with Crippen LogP contribution in [0.2, 0.25) is 5.15 Å². The molecule has 122 valence electrons. The topological polar surface area (TPSA) is 72.0 Å². The molecule has 5 nitrogen and oxygen atoms in total. The van der Waals surface area contributed by atoms with Gasteiger partial charge in [-0.05, 0) is 24.3 Å². The average molecular weight is 360 g/mol. The van der Waals surface area contributed by atoms with Crippen LogP contribution in [0.5, 0.6) is 0 Å². The van der Waals surface area contributed by atoms with E-state index in [1.165, 1.54) is 6.26 Å². The number of halogens is 1. The molecule has 0 aliphatic rings. The van der Waals surface area contributed by atoms with Crippen molar-refractivity contribution in [2.24, 2.45) is 0 Å². The van der Waals surface area contributed by atoms with Crippen molar-refractivity contribution in [1.82, 2.24) is 9.97 Å². The number of nitrogens with zero attached hydrogens (tertiary/aromatic N) is 2. The van der Waals surface area contributed by atoms with Gasteiger partial charge >= 0.3 is 0 Å². The van der Waals surface area contributed by atoms with Gasteiger partial charge in [0, 0.05) is 23.6 Å². The van der Waals surface area contributed by atoms with Gasteiger partial charge in [0.2, 0.25) is 0 Å². The molecule has 7 heteroatoms. The highest BCUT2D eigenvalue weighted by molar-refractivity contribution is 7.90. The van der Waals surface area contributed by atoms with Crippen LogP contribution < -0.4 is 5.32 Å². The summed E-state index contributed by atoms with van der Waals surface area (Å²) in [6.07, 6.45) is 1.17. The molecule has 2 aromatic carbocycles. The lowest BCUT2D eigenvalue weighted by atomic mass is 10.2. The fourth-order valence-corrected chi connectivity index (χ4v) is 2.95. The lowest BCUT2D eigenvalue weighted by molar-refractivity contribution is 0.602. The van der Waals surface area contributed by atoms with Crippen LogP contribution in [-0.4, -0.2) is 24.6 Å². The molecule has 3 rings (SSSR count). The van der Waals surface area contributed by atoms with Crippen LogP contribution in [0.4, 0.5) is 11.5 Å². The highest BCUT2D eigenvalue weighted by Gasteiger charge is 2.08. The maximum Gasteiger partial charge on any atom is 0.175 e. The third-order valence-corrected chi connectivity index (χ3v) is 4.60. The molecule has 0 atom stereocenters. The summed E-state index contributed by atoms with van der Waals surface area (Å²) in [6, 6.07) is 17.6. The molecular formula is C17H14ClN3O2S. The molecule has 3 aromatic rings. The maximum absolute atomic E-state index is 11.5. The first-order chi connectivity index (χ1) is 11.4. The van der Waals surface area contributed by atoms with E-state index in [2.05, 4.69) is 15.3 Å². The Bertz CT molecular complexity index is 959. The molecule has 0 saturated carbocycles. The van der Waals surface area contributed by atoms with E-state index >= 15 is 0 Å². The molecule has 1 N–H and O–H groups in total. The minimum atomic E-state index is -3.22. The summed E-state index contributed by atoms with van der Waals surface area (Å²) in [6.45, 7) is 0. The Hall–Kier alpha value is -2.44. The van der Waals surface area contributed by atoms with Crippen LogP contribution in [0.3, 0.4) is 0 Å². The van der Waals surface area contributed by atoms with Gasteiger partial charge in [0.1, 0.15) is 11.0 Å². The van der Waals surface area contributed by atoms with E-state index in [1.54, 1.807) is 30.3 Å². The molecule has 0 fully saturated rings. The molecule has 0 aliphatic carbocycles. The third-order valence-electron chi connectivity index (χ3n) is 3.28. The molecule has 24 heavy (non-hydrogen) atoms. The Balaban J connectivity index is 1.89. The first-order valence-electron chi connectivity index (χ1n) is 7.09. The number of anilines is 2. The summed E-state index contributed by atoms with van der Waals surface area (Å²) in [5.74, 6) is 1.04. The van der Waals surface area contributed by atoms with E-state index < -0.39 is 9.84 Å². The highest BCUT2D eigenvalue weighted by atomic mass is 35.5. The van der Waals surface area contributed by atoms with Crippen LogP contribution in [0, 0.1) is 0 Å². The van der Waals surface area contributed by atoms with Crippen LogP contribution in [0.15, 0.2) is 65.6 Å². The van der Waals surface area contributed by atoms with Crippen LogP contribution in [0.25, 0.3) is 11.4 Å². The molecule has 0 aliphatic heterocycles. The van der Waals surface area contributed by atoms with Crippen molar-refractivity contribution >= 4 is 32.9 Å². The second-order valence-corrected chi connectivity index (χ2v) is 7.59. The lowest BCUT2D eigenvalue weighted by Crippen LogP contribution is -1.99. The molecule has 0 amide bonds. The molecule has 1 aromatic heterocycles. The molecule has 0 bridgehead atoms. The quantitative estimate of drug-likeness (QED) is 0.714. The summed E-state index contributed by atoms with van der Waals surface area (Å²) >= 11 is 6.08. The summed E-state index contributed by atoms with van der Waals surface area (Å²) in [4.78, 5) is 8.94. The molecule has 0 unspecified atom stereocenters. The first-order valence-corrected chi connectivity index (χ1v) is 9.36. The zero-order valence-electron chi connectivity index (χ0n) is 12.8. The van der Waals surface area contributed by atoms with E-state index in [0.717, 1.165) is 5.56 Å². The smallest absolute Gasteiger partial charge is 0.175 e. The van der Waals surface area contributed by atoms with Gasteiger partial charge in [0.05, 0.1) is 4.90 Å². The Morgan fingerprint density at radius 1 is 0.958 bits per heavy atom. The summed E-state index contributed by atoms with van der Waals surface area (Å²) in [5.41, 5.74) is 1.56. The Morgan fingerprint density at radius 3 is 2.25 bits per heavy atom. The van der Waals surface area contributed by atoms with Crippen LogP contribution >= 0.6 is 11.6 Å². The number of sulfone groups is 1. The summed E-state index contributed by atoms with van der Waals surface area (Å²) in [5, 5.41) is 3.42. The fourth-order valence-electron chi connectivity index (χ4n) is 2.13. The zero-order chi connectivity index (χ0) is 17.2. The van der Waals surface area contributed by atoms with Gasteiger partial charge in [-0.2, -0.15) is 0 Å². The minimum Gasteiger partial charge on any atom is -0.340 e. The number of benzene rings is 2. The van der Waals surface area contributed by atoms with Crippen molar-refractivity contribution in [3.8, 4) is 11.4 Å². The van der Waals surface area contributed by atoms with Gasteiger partial charge in [-0.3, -0.25) is 0 Å². The van der Waals surface area contributed by atoms with Crippen molar-refractivity contribution in [3.05, 3.63) is 65.8 Å². The summed E-state index contributed by atoms with van der Waals surface area (Å²) < 4.78 is 23.0. The van der Waals surface area contributed by atoms with Gasteiger partial charge in [0.25, 0.3) is 0 Å². The van der Waals surface area contributed by atoms with E-state index in [1.807, 2.05) is 30.3 Å².